The van der Waals surface area contributed by atoms with Crippen LogP contribution in [0.2, 0.25) is 0 Å². The molecule has 0 unspecified atom stereocenters. The van der Waals surface area contributed by atoms with Gasteiger partial charge in [0.25, 0.3) is 11.5 Å². The molecule has 1 aromatic carbocycles. The highest BCUT2D eigenvalue weighted by atomic mass is 19.1. The Morgan fingerprint density at radius 2 is 1.74 bits per heavy atom. The summed E-state index contributed by atoms with van der Waals surface area (Å²) in [4.78, 5) is 44.3. The monoisotopic (exact) mass is 426 g/mol. The highest BCUT2D eigenvalue weighted by Gasteiger charge is 2.29. The summed E-state index contributed by atoms with van der Waals surface area (Å²) >= 11 is 0. The van der Waals surface area contributed by atoms with Crippen molar-refractivity contribution in [2.45, 2.75) is 25.8 Å². The molecule has 0 radical (unpaired) electrons. The van der Waals surface area contributed by atoms with Gasteiger partial charge in [-0.2, -0.15) is 0 Å². The number of aromatic nitrogens is 1. The van der Waals surface area contributed by atoms with E-state index in [9.17, 15) is 18.8 Å². The smallest absolute Gasteiger partial charge is 0.268 e. The van der Waals surface area contributed by atoms with E-state index in [1.54, 1.807) is 25.2 Å². The third-order valence-electron chi connectivity index (χ3n) is 6.04. The van der Waals surface area contributed by atoms with Crippen LogP contribution in [0, 0.1) is 5.82 Å². The van der Waals surface area contributed by atoms with Crippen molar-refractivity contribution >= 4 is 11.8 Å². The minimum Gasteiger partial charge on any atom is -0.345 e. The molecule has 2 aromatic rings. The molecule has 2 aliphatic rings. The minimum absolute atomic E-state index is 0.0626. The lowest BCUT2D eigenvalue weighted by atomic mass is 9.95. The topological polar surface area (TPSA) is 65.9 Å². The molecule has 0 N–H and O–H groups in total. The van der Waals surface area contributed by atoms with E-state index in [2.05, 4.69) is 4.90 Å². The summed E-state index contributed by atoms with van der Waals surface area (Å²) in [6, 6.07) is 5.57. The van der Waals surface area contributed by atoms with E-state index >= 15 is 0 Å². The number of amides is 2. The maximum atomic E-state index is 13.4. The third kappa shape index (κ3) is 4.25. The Hall–Kier alpha value is -3.00. The fraction of sp³-hybridized carbons (Fsp3) is 0.435. The quantitative estimate of drug-likeness (QED) is 0.746. The SMILES string of the molecule is CN(C)C(=O)c1c2c(cn(-c3ccc(F)cc3)c1=O)CN(C(=O)CN1CCCC1)CC2. The second-order valence-electron chi connectivity index (χ2n) is 8.41. The summed E-state index contributed by atoms with van der Waals surface area (Å²) in [6.07, 6.45) is 4.38. The summed E-state index contributed by atoms with van der Waals surface area (Å²) in [5.41, 5.74) is 1.64. The van der Waals surface area contributed by atoms with Crippen molar-refractivity contribution < 1.29 is 14.0 Å². The van der Waals surface area contributed by atoms with E-state index in [1.165, 1.54) is 33.7 Å². The molecule has 1 aromatic heterocycles. The molecule has 4 rings (SSSR count). The number of benzene rings is 1. The fourth-order valence-electron chi connectivity index (χ4n) is 4.34. The van der Waals surface area contributed by atoms with E-state index in [1.807, 2.05) is 0 Å². The molecular formula is C23H27FN4O3. The van der Waals surface area contributed by atoms with Crippen LogP contribution in [0.5, 0.6) is 0 Å². The van der Waals surface area contributed by atoms with Crippen molar-refractivity contribution in [2.24, 2.45) is 0 Å². The standard InChI is InChI=1S/C23H27FN4O3/c1-25(2)22(30)21-19-9-12-27(20(29)15-26-10-3-4-11-26)13-16(19)14-28(23(21)31)18-7-5-17(24)6-8-18/h5-8,14H,3-4,9-13,15H2,1-2H3. The van der Waals surface area contributed by atoms with Crippen molar-refractivity contribution in [3.63, 3.8) is 0 Å². The van der Waals surface area contributed by atoms with E-state index in [4.69, 9.17) is 0 Å². The number of likely N-dealkylation sites (tertiary alicyclic amines) is 1. The summed E-state index contributed by atoms with van der Waals surface area (Å²) in [5.74, 6) is -0.708. The molecule has 1 saturated heterocycles. The molecule has 0 bridgehead atoms. The van der Waals surface area contributed by atoms with Crippen molar-refractivity contribution in [3.8, 4) is 5.69 Å². The molecular weight excluding hydrogens is 399 g/mol. The van der Waals surface area contributed by atoms with Gasteiger partial charge in [0.15, 0.2) is 0 Å². The summed E-state index contributed by atoms with van der Waals surface area (Å²) < 4.78 is 14.8. The molecule has 2 amide bonds. The largest absolute Gasteiger partial charge is 0.345 e. The van der Waals surface area contributed by atoms with Gasteiger partial charge in [0, 0.05) is 39.1 Å². The minimum atomic E-state index is -0.430. The van der Waals surface area contributed by atoms with Gasteiger partial charge in [-0.1, -0.05) is 0 Å². The van der Waals surface area contributed by atoms with Gasteiger partial charge < -0.3 is 9.80 Å². The summed E-state index contributed by atoms with van der Waals surface area (Å²) in [5, 5.41) is 0. The number of carbonyl (C=O) groups excluding carboxylic acids is 2. The highest BCUT2D eigenvalue weighted by molar-refractivity contribution is 5.95. The van der Waals surface area contributed by atoms with Crippen LogP contribution in [-0.4, -0.2) is 71.4 Å². The van der Waals surface area contributed by atoms with Crippen molar-refractivity contribution in [2.75, 3.05) is 40.3 Å². The Balaban J connectivity index is 1.72. The Morgan fingerprint density at radius 1 is 1.06 bits per heavy atom. The van der Waals surface area contributed by atoms with Gasteiger partial charge in [0.1, 0.15) is 11.4 Å². The average molecular weight is 426 g/mol. The van der Waals surface area contributed by atoms with Gasteiger partial charge >= 0.3 is 0 Å². The van der Waals surface area contributed by atoms with Gasteiger partial charge in [0.2, 0.25) is 5.91 Å². The van der Waals surface area contributed by atoms with Gasteiger partial charge in [-0.15, -0.1) is 0 Å². The molecule has 31 heavy (non-hydrogen) atoms. The molecule has 0 aliphatic carbocycles. The van der Waals surface area contributed by atoms with Crippen LogP contribution in [-0.2, 0) is 17.8 Å². The fourth-order valence-corrected chi connectivity index (χ4v) is 4.34. The van der Waals surface area contributed by atoms with Crippen LogP contribution < -0.4 is 5.56 Å². The van der Waals surface area contributed by atoms with Crippen molar-refractivity contribution in [3.05, 3.63) is 63.3 Å². The lowest BCUT2D eigenvalue weighted by Gasteiger charge is -2.32. The maximum Gasteiger partial charge on any atom is 0.268 e. The number of nitrogens with zero attached hydrogens (tertiary/aromatic N) is 4. The molecule has 0 atom stereocenters. The zero-order chi connectivity index (χ0) is 22.1. The molecule has 2 aliphatic heterocycles. The molecule has 7 nitrogen and oxygen atoms in total. The summed E-state index contributed by atoms with van der Waals surface area (Å²) in [7, 11) is 3.22. The van der Waals surface area contributed by atoms with E-state index in [-0.39, 0.29) is 17.4 Å². The average Bonchev–Trinajstić information content (AvgIpc) is 3.26. The van der Waals surface area contributed by atoms with Crippen LogP contribution in [0.4, 0.5) is 4.39 Å². The predicted molar refractivity (Wildman–Crippen MR) is 115 cm³/mol. The van der Waals surface area contributed by atoms with Crippen LogP contribution in [0.15, 0.2) is 35.3 Å². The van der Waals surface area contributed by atoms with Gasteiger partial charge in [0.05, 0.1) is 6.54 Å². The number of fused-ring (bicyclic) bond motifs is 1. The number of carbonyl (C=O) groups is 2. The number of hydrogen-bond donors (Lipinski definition) is 0. The number of pyridine rings is 1. The second-order valence-corrected chi connectivity index (χ2v) is 8.41. The Morgan fingerprint density at radius 3 is 2.39 bits per heavy atom. The first kappa shape index (κ1) is 21.2. The second kappa shape index (κ2) is 8.63. The molecule has 1 fully saturated rings. The molecule has 8 heteroatoms. The van der Waals surface area contributed by atoms with Gasteiger partial charge in [-0.25, -0.2) is 4.39 Å². The zero-order valence-corrected chi connectivity index (χ0v) is 17.9. The Bertz CT molecular complexity index is 1060. The third-order valence-corrected chi connectivity index (χ3v) is 6.04. The van der Waals surface area contributed by atoms with Crippen molar-refractivity contribution in [1.82, 2.24) is 19.3 Å². The molecule has 164 valence electrons. The number of rotatable bonds is 4. The van der Waals surface area contributed by atoms with Crippen LogP contribution >= 0.6 is 0 Å². The molecule has 0 saturated carbocycles. The van der Waals surface area contributed by atoms with Crippen molar-refractivity contribution in [1.29, 1.82) is 0 Å². The number of hydrogen-bond acceptors (Lipinski definition) is 4. The maximum absolute atomic E-state index is 13.4. The Labute approximate surface area is 180 Å². The molecule has 0 spiro atoms. The summed E-state index contributed by atoms with van der Waals surface area (Å²) in [6.45, 7) is 3.12. The zero-order valence-electron chi connectivity index (χ0n) is 17.9. The van der Waals surface area contributed by atoms with Crippen LogP contribution in [0.3, 0.4) is 0 Å². The van der Waals surface area contributed by atoms with Gasteiger partial charge in [-0.05, 0) is 67.7 Å². The number of halogens is 1. The van der Waals surface area contributed by atoms with Crippen LogP contribution in [0.25, 0.3) is 5.69 Å². The van der Waals surface area contributed by atoms with Gasteiger partial charge in [-0.3, -0.25) is 23.9 Å². The highest BCUT2D eigenvalue weighted by Crippen LogP contribution is 2.23. The Kier molecular flexibility index (Phi) is 5.91. The molecule has 3 heterocycles. The van der Waals surface area contributed by atoms with Crippen LogP contribution in [0.1, 0.15) is 34.3 Å². The van der Waals surface area contributed by atoms with E-state index in [0.29, 0.717) is 37.3 Å². The lowest BCUT2D eigenvalue weighted by Crippen LogP contribution is -2.44. The lowest BCUT2D eigenvalue weighted by molar-refractivity contribution is -0.133. The first-order chi connectivity index (χ1) is 14.8. The van der Waals surface area contributed by atoms with E-state index < -0.39 is 11.4 Å². The predicted octanol–water partition coefficient (Wildman–Crippen LogP) is 1.66. The normalized spacial score (nSPS) is 16.3. The first-order valence-corrected chi connectivity index (χ1v) is 10.6. The first-order valence-electron chi connectivity index (χ1n) is 10.6. The van der Waals surface area contributed by atoms with E-state index in [0.717, 1.165) is 31.5 Å².